The molecule has 242 valence electrons. The third-order valence-corrected chi connectivity index (χ3v) is 10.8. The van der Waals surface area contributed by atoms with Crippen LogP contribution in [-0.2, 0) is 5.41 Å². The van der Waals surface area contributed by atoms with Gasteiger partial charge in [-0.15, -0.1) is 0 Å². The average Bonchev–Trinajstić information content (AvgIpc) is 3.58. The Hall–Kier alpha value is -6.38. The van der Waals surface area contributed by atoms with Crippen molar-refractivity contribution in [1.82, 2.24) is 0 Å². The Morgan fingerprint density at radius 2 is 1.25 bits per heavy atom. The average molecular weight is 654 g/mol. The number of para-hydroxylation sites is 1. The molecule has 8 aromatic carbocycles. The van der Waals surface area contributed by atoms with E-state index in [-0.39, 0.29) is 5.41 Å². The van der Waals surface area contributed by atoms with Crippen LogP contribution in [0.4, 0.5) is 17.1 Å². The molecule has 0 aliphatic heterocycles. The Labute approximate surface area is 297 Å². The number of rotatable bonds is 5. The zero-order valence-corrected chi connectivity index (χ0v) is 28.4. The summed E-state index contributed by atoms with van der Waals surface area (Å²) in [6, 6.07) is 57.4. The number of hydrogen-bond donors (Lipinski definition) is 0. The molecular formula is C49H35NO. The Morgan fingerprint density at radius 3 is 2.10 bits per heavy atom. The zero-order chi connectivity index (χ0) is 33.9. The first-order chi connectivity index (χ1) is 25.1. The highest BCUT2D eigenvalue weighted by Gasteiger charge is 2.25. The highest BCUT2D eigenvalue weighted by atomic mass is 16.3. The molecule has 2 nitrogen and oxygen atoms in total. The van der Waals surface area contributed by atoms with Gasteiger partial charge in [0.05, 0.1) is 5.69 Å². The van der Waals surface area contributed by atoms with Gasteiger partial charge in [-0.25, -0.2) is 0 Å². The van der Waals surface area contributed by atoms with E-state index < -0.39 is 0 Å². The van der Waals surface area contributed by atoms with Crippen LogP contribution < -0.4 is 4.90 Å². The van der Waals surface area contributed by atoms with E-state index in [4.69, 9.17) is 4.42 Å². The van der Waals surface area contributed by atoms with E-state index in [1.807, 2.05) is 12.1 Å². The lowest BCUT2D eigenvalue weighted by atomic mass is 9.77. The Bertz CT molecular complexity index is 2850. The van der Waals surface area contributed by atoms with Crippen molar-refractivity contribution in [3.63, 3.8) is 0 Å². The number of benzene rings is 8. The van der Waals surface area contributed by atoms with Crippen molar-refractivity contribution < 1.29 is 4.42 Å². The van der Waals surface area contributed by atoms with Crippen LogP contribution in [0.2, 0.25) is 0 Å². The van der Waals surface area contributed by atoms with Crippen molar-refractivity contribution >= 4 is 71.3 Å². The van der Waals surface area contributed by atoms with Gasteiger partial charge in [-0.05, 0) is 98.6 Å². The van der Waals surface area contributed by atoms with Crippen LogP contribution in [0.1, 0.15) is 18.9 Å². The fourth-order valence-electron chi connectivity index (χ4n) is 8.12. The molecule has 2 heteroatoms. The molecule has 0 N–H and O–H groups in total. The first kappa shape index (κ1) is 29.5. The lowest BCUT2D eigenvalue weighted by Gasteiger charge is -2.31. The topological polar surface area (TPSA) is 16.4 Å². The third-order valence-electron chi connectivity index (χ3n) is 10.8. The van der Waals surface area contributed by atoms with Gasteiger partial charge in [0.1, 0.15) is 11.2 Å². The summed E-state index contributed by atoms with van der Waals surface area (Å²) in [6.07, 6.45) is 9.91. The number of nitrogens with zero attached hydrogens (tertiary/aromatic N) is 1. The van der Waals surface area contributed by atoms with Gasteiger partial charge in [0.15, 0.2) is 0 Å². The summed E-state index contributed by atoms with van der Waals surface area (Å²) in [5, 5.41) is 9.73. The molecule has 1 aliphatic carbocycles. The largest absolute Gasteiger partial charge is 0.456 e. The lowest BCUT2D eigenvalue weighted by Crippen LogP contribution is -2.20. The van der Waals surface area contributed by atoms with Gasteiger partial charge in [0, 0.05) is 32.9 Å². The molecule has 51 heavy (non-hydrogen) atoms. The summed E-state index contributed by atoms with van der Waals surface area (Å²) >= 11 is 0. The predicted molar refractivity (Wildman–Crippen MR) is 217 cm³/mol. The van der Waals surface area contributed by atoms with Gasteiger partial charge >= 0.3 is 0 Å². The summed E-state index contributed by atoms with van der Waals surface area (Å²) in [4.78, 5) is 2.44. The minimum Gasteiger partial charge on any atom is -0.456 e. The number of furan rings is 1. The molecule has 10 rings (SSSR count). The molecule has 1 aromatic heterocycles. The smallest absolute Gasteiger partial charge is 0.136 e. The van der Waals surface area contributed by atoms with Gasteiger partial charge in [-0.3, -0.25) is 0 Å². The standard InChI is InChI=1S/C49H35NO/c1-49(28-9-2-10-29-49)37-13-11-14-39(32-37)50(45-31-35-12-3-4-15-40(35)42-16-5-6-17-43(42)45)38-24-20-33(21-25-38)34-22-26-41-36(30-34)23-27-47-48(41)44-18-7-8-19-46(44)51-47/h2-28,30-32H,29H2,1H3. The molecule has 1 aliphatic rings. The van der Waals surface area contributed by atoms with Crippen LogP contribution >= 0.6 is 0 Å². The summed E-state index contributed by atoms with van der Waals surface area (Å²) in [7, 11) is 0. The maximum Gasteiger partial charge on any atom is 0.136 e. The summed E-state index contributed by atoms with van der Waals surface area (Å²) in [6.45, 7) is 2.33. The van der Waals surface area contributed by atoms with Crippen LogP contribution in [0.15, 0.2) is 186 Å². The van der Waals surface area contributed by atoms with Crippen molar-refractivity contribution in [3.05, 3.63) is 188 Å². The van der Waals surface area contributed by atoms with Crippen molar-refractivity contribution in [2.24, 2.45) is 0 Å². The molecule has 0 saturated carbocycles. The fraction of sp³-hybridized carbons (Fsp3) is 0.0612. The third kappa shape index (κ3) is 4.87. The quantitative estimate of drug-likeness (QED) is 0.172. The zero-order valence-electron chi connectivity index (χ0n) is 28.4. The molecule has 0 amide bonds. The molecule has 0 spiro atoms. The van der Waals surface area contributed by atoms with E-state index in [0.717, 1.165) is 34.3 Å². The Kier molecular flexibility index (Phi) is 6.72. The van der Waals surface area contributed by atoms with Crippen LogP contribution in [0, 0.1) is 0 Å². The minimum atomic E-state index is -0.0594. The van der Waals surface area contributed by atoms with Crippen LogP contribution in [0.5, 0.6) is 0 Å². The molecule has 9 aromatic rings. The van der Waals surface area contributed by atoms with E-state index in [2.05, 4.69) is 182 Å². The van der Waals surface area contributed by atoms with Gasteiger partial charge < -0.3 is 9.32 Å². The minimum absolute atomic E-state index is 0.0594. The summed E-state index contributed by atoms with van der Waals surface area (Å²) in [5.74, 6) is 0. The number of hydrogen-bond acceptors (Lipinski definition) is 2. The second kappa shape index (κ2) is 11.6. The highest BCUT2D eigenvalue weighted by molar-refractivity contribution is 6.19. The molecule has 1 heterocycles. The van der Waals surface area contributed by atoms with Crippen molar-refractivity contribution in [2.75, 3.05) is 4.90 Å². The molecule has 1 atom stereocenters. The second-order valence-corrected chi connectivity index (χ2v) is 14.0. The number of fused-ring (bicyclic) bond motifs is 8. The first-order valence-electron chi connectivity index (χ1n) is 17.7. The number of anilines is 3. The maximum atomic E-state index is 6.17. The molecule has 0 saturated heterocycles. The van der Waals surface area contributed by atoms with Gasteiger partial charge in [-0.1, -0.05) is 140 Å². The molecule has 0 radical (unpaired) electrons. The Morgan fingerprint density at radius 1 is 0.510 bits per heavy atom. The predicted octanol–water partition coefficient (Wildman–Crippen LogP) is 14.0. The summed E-state index contributed by atoms with van der Waals surface area (Å²) < 4.78 is 6.17. The van der Waals surface area contributed by atoms with Crippen molar-refractivity contribution in [2.45, 2.75) is 18.8 Å². The SMILES string of the molecule is CC1(c2cccc(N(c3ccc(-c4ccc5c(ccc6oc7ccccc7c65)c4)cc3)c3cc4ccccc4c4ccccc34)c2)C=CC=CC1. The van der Waals surface area contributed by atoms with Crippen LogP contribution in [-0.4, -0.2) is 0 Å². The van der Waals surface area contributed by atoms with Crippen LogP contribution in [0.25, 0.3) is 65.4 Å². The van der Waals surface area contributed by atoms with E-state index in [9.17, 15) is 0 Å². The van der Waals surface area contributed by atoms with Crippen molar-refractivity contribution in [3.8, 4) is 11.1 Å². The van der Waals surface area contributed by atoms with Gasteiger partial charge in [0.25, 0.3) is 0 Å². The molecule has 0 bridgehead atoms. The highest BCUT2D eigenvalue weighted by Crippen LogP contribution is 2.44. The van der Waals surface area contributed by atoms with Gasteiger partial charge in [0.2, 0.25) is 0 Å². The van der Waals surface area contributed by atoms with Crippen molar-refractivity contribution in [1.29, 1.82) is 0 Å². The first-order valence-corrected chi connectivity index (χ1v) is 17.7. The van der Waals surface area contributed by atoms with E-state index in [1.165, 1.54) is 60.1 Å². The Balaban J connectivity index is 1.12. The second-order valence-electron chi connectivity index (χ2n) is 14.0. The van der Waals surface area contributed by atoms with Gasteiger partial charge in [-0.2, -0.15) is 0 Å². The van der Waals surface area contributed by atoms with Crippen LogP contribution in [0.3, 0.4) is 0 Å². The molecule has 0 fully saturated rings. The summed E-state index contributed by atoms with van der Waals surface area (Å²) in [5.41, 5.74) is 8.91. The maximum absolute atomic E-state index is 6.17. The normalized spacial score (nSPS) is 15.8. The molecular weight excluding hydrogens is 619 g/mol. The monoisotopic (exact) mass is 653 g/mol. The lowest BCUT2D eigenvalue weighted by molar-refractivity contribution is 0.600. The number of allylic oxidation sites excluding steroid dienone is 4. The van der Waals surface area contributed by atoms with E-state index >= 15 is 0 Å². The van der Waals surface area contributed by atoms with E-state index in [1.54, 1.807) is 0 Å². The molecule has 1 unspecified atom stereocenters. The fourth-order valence-corrected chi connectivity index (χ4v) is 8.12. The van der Waals surface area contributed by atoms with E-state index in [0.29, 0.717) is 0 Å².